The Labute approximate surface area is 101 Å². The lowest BCUT2D eigenvalue weighted by Gasteiger charge is -2.27. The van der Waals surface area contributed by atoms with Crippen LogP contribution in [-0.2, 0) is 9.53 Å². The Balaban J connectivity index is 2.73. The molecular weight excluding hydrogens is 222 g/mol. The largest absolute Gasteiger partial charge is 0.444 e. The second kappa shape index (κ2) is 4.91. The summed E-state index contributed by atoms with van der Waals surface area (Å²) in [6, 6.07) is -0.699. The zero-order valence-electron chi connectivity index (χ0n) is 10.8. The van der Waals surface area contributed by atoms with Crippen LogP contribution in [0.3, 0.4) is 0 Å². The second-order valence-electron chi connectivity index (χ2n) is 5.26. The molecule has 1 aliphatic heterocycles. The first-order valence-corrected chi connectivity index (χ1v) is 5.71. The minimum absolute atomic E-state index is 0.176. The van der Waals surface area contributed by atoms with Gasteiger partial charge in [-0.15, -0.1) is 0 Å². The van der Waals surface area contributed by atoms with Gasteiger partial charge in [-0.05, 0) is 27.2 Å². The van der Waals surface area contributed by atoms with E-state index in [1.807, 2.05) is 0 Å². The SMILES string of the molecule is CNC(=O)C1C[C@H](N)CN1C(=O)OC(C)(C)C. The van der Waals surface area contributed by atoms with E-state index in [0.717, 1.165) is 0 Å². The second-order valence-corrected chi connectivity index (χ2v) is 5.26. The van der Waals surface area contributed by atoms with Crippen LogP contribution in [0.25, 0.3) is 0 Å². The minimum Gasteiger partial charge on any atom is -0.444 e. The lowest BCUT2D eigenvalue weighted by Crippen LogP contribution is -2.46. The highest BCUT2D eigenvalue weighted by Crippen LogP contribution is 2.20. The van der Waals surface area contributed by atoms with E-state index in [0.29, 0.717) is 13.0 Å². The van der Waals surface area contributed by atoms with Gasteiger partial charge < -0.3 is 15.8 Å². The van der Waals surface area contributed by atoms with Gasteiger partial charge in [0.2, 0.25) is 5.91 Å². The molecular formula is C11H21N3O3. The van der Waals surface area contributed by atoms with Crippen LogP contribution in [0, 0.1) is 0 Å². The van der Waals surface area contributed by atoms with Gasteiger partial charge in [-0.2, -0.15) is 0 Å². The number of nitrogens with one attached hydrogen (secondary N) is 1. The van der Waals surface area contributed by atoms with Crippen LogP contribution in [-0.4, -0.2) is 48.2 Å². The summed E-state index contributed by atoms with van der Waals surface area (Å²) in [6.07, 6.45) is -0.0158. The Bertz CT molecular complexity index is 312. The van der Waals surface area contributed by atoms with Gasteiger partial charge in [-0.3, -0.25) is 9.69 Å². The number of likely N-dealkylation sites (N-methyl/N-ethyl adjacent to an activating group) is 1. The molecule has 0 aromatic carbocycles. The van der Waals surface area contributed by atoms with Gasteiger partial charge in [-0.25, -0.2) is 4.79 Å². The molecule has 98 valence electrons. The van der Waals surface area contributed by atoms with Crippen LogP contribution >= 0.6 is 0 Å². The molecule has 0 saturated carbocycles. The van der Waals surface area contributed by atoms with E-state index in [-0.39, 0.29) is 11.9 Å². The Hall–Kier alpha value is -1.30. The van der Waals surface area contributed by atoms with Crippen LogP contribution in [0.5, 0.6) is 0 Å². The number of nitrogens with two attached hydrogens (primary N) is 1. The highest BCUT2D eigenvalue weighted by atomic mass is 16.6. The molecule has 2 amide bonds. The third-order valence-corrected chi connectivity index (χ3v) is 2.51. The number of hydrogen-bond acceptors (Lipinski definition) is 4. The highest BCUT2D eigenvalue weighted by Gasteiger charge is 2.39. The molecule has 1 saturated heterocycles. The molecule has 1 rings (SSSR count). The molecule has 0 radical (unpaired) electrons. The van der Waals surface area contributed by atoms with Gasteiger partial charge in [0.25, 0.3) is 0 Å². The van der Waals surface area contributed by atoms with Crippen molar-refractivity contribution in [3.05, 3.63) is 0 Å². The number of rotatable bonds is 1. The molecule has 1 fully saturated rings. The summed E-state index contributed by atoms with van der Waals surface area (Å²) in [4.78, 5) is 24.9. The average Bonchev–Trinajstić information content (AvgIpc) is 2.56. The van der Waals surface area contributed by atoms with E-state index in [9.17, 15) is 9.59 Å². The van der Waals surface area contributed by atoms with Gasteiger partial charge in [0, 0.05) is 19.6 Å². The molecule has 1 aliphatic rings. The average molecular weight is 243 g/mol. The summed E-state index contributed by atoms with van der Waals surface area (Å²) in [6.45, 7) is 5.72. The Morgan fingerprint density at radius 1 is 1.41 bits per heavy atom. The zero-order valence-corrected chi connectivity index (χ0v) is 10.8. The number of ether oxygens (including phenoxy) is 1. The fraction of sp³-hybridized carbons (Fsp3) is 0.818. The van der Waals surface area contributed by atoms with Crippen LogP contribution in [0.1, 0.15) is 27.2 Å². The molecule has 3 N–H and O–H groups in total. The van der Waals surface area contributed by atoms with Gasteiger partial charge >= 0.3 is 6.09 Å². The Morgan fingerprint density at radius 3 is 2.47 bits per heavy atom. The topological polar surface area (TPSA) is 84.7 Å². The summed E-state index contributed by atoms with van der Waals surface area (Å²) in [7, 11) is 1.54. The van der Waals surface area contributed by atoms with Crippen molar-refractivity contribution in [2.24, 2.45) is 5.73 Å². The van der Waals surface area contributed by atoms with Gasteiger partial charge in [0.15, 0.2) is 0 Å². The van der Waals surface area contributed by atoms with Crippen molar-refractivity contribution in [1.82, 2.24) is 10.2 Å². The first kappa shape index (κ1) is 13.8. The predicted molar refractivity (Wildman–Crippen MR) is 63.4 cm³/mol. The third kappa shape index (κ3) is 3.59. The predicted octanol–water partition coefficient (Wildman–Crippen LogP) is 0.0691. The minimum atomic E-state index is -0.572. The summed E-state index contributed by atoms with van der Waals surface area (Å²) >= 11 is 0. The molecule has 2 atom stereocenters. The zero-order chi connectivity index (χ0) is 13.2. The highest BCUT2D eigenvalue weighted by molar-refractivity contribution is 5.86. The van der Waals surface area contributed by atoms with Crippen molar-refractivity contribution in [2.75, 3.05) is 13.6 Å². The molecule has 1 heterocycles. The van der Waals surface area contributed by atoms with Crippen molar-refractivity contribution < 1.29 is 14.3 Å². The number of nitrogens with zero attached hydrogens (tertiary/aromatic N) is 1. The van der Waals surface area contributed by atoms with Gasteiger partial charge in [0.1, 0.15) is 11.6 Å². The van der Waals surface area contributed by atoms with Crippen molar-refractivity contribution in [1.29, 1.82) is 0 Å². The van der Waals surface area contributed by atoms with Gasteiger partial charge in [-0.1, -0.05) is 0 Å². The monoisotopic (exact) mass is 243 g/mol. The molecule has 6 heteroatoms. The summed E-state index contributed by atoms with van der Waals surface area (Å²) in [5.41, 5.74) is 5.21. The maximum absolute atomic E-state index is 11.9. The standard InChI is InChI=1S/C11H21N3O3/c1-11(2,3)17-10(16)14-6-7(12)5-8(14)9(15)13-4/h7-8H,5-6,12H2,1-4H3,(H,13,15)/t7-,8?/m0/s1. The lowest BCUT2D eigenvalue weighted by molar-refractivity contribution is -0.124. The molecule has 0 aromatic rings. The van der Waals surface area contributed by atoms with E-state index >= 15 is 0 Å². The van der Waals surface area contributed by atoms with E-state index in [4.69, 9.17) is 10.5 Å². The molecule has 1 unspecified atom stereocenters. The quantitative estimate of drug-likeness (QED) is 0.682. The molecule has 0 bridgehead atoms. The first-order chi connectivity index (χ1) is 7.74. The van der Waals surface area contributed by atoms with E-state index in [1.54, 1.807) is 27.8 Å². The van der Waals surface area contributed by atoms with Crippen molar-refractivity contribution in [3.8, 4) is 0 Å². The van der Waals surface area contributed by atoms with Gasteiger partial charge in [0.05, 0.1) is 0 Å². The Kier molecular flexibility index (Phi) is 3.98. The third-order valence-electron chi connectivity index (χ3n) is 2.51. The Morgan fingerprint density at radius 2 is 2.00 bits per heavy atom. The fourth-order valence-electron chi connectivity index (χ4n) is 1.81. The molecule has 0 aromatic heterocycles. The maximum atomic E-state index is 11.9. The van der Waals surface area contributed by atoms with Crippen LogP contribution in [0.4, 0.5) is 4.79 Å². The molecule has 0 aliphatic carbocycles. The lowest BCUT2D eigenvalue weighted by atomic mass is 10.1. The van der Waals surface area contributed by atoms with Crippen molar-refractivity contribution >= 4 is 12.0 Å². The molecule has 17 heavy (non-hydrogen) atoms. The summed E-state index contributed by atoms with van der Waals surface area (Å²) < 4.78 is 5.25. The number of likely N-dealkylation sites (tertiary alicyclic amines) is 1. The molecule has 0 spiro atoms. The first-order valence-electron chi connectivity index (χ1n) is 5.71. The van der Waals surface area contributed by atoms with Crippen LogP contribution in [0.2, 0.25) is 0 Å². The van der Waals surface area contributed by atoms with E-state index < -0.39 is 17.7 Å². The summed E-state index contributed by atoms with van der Waals surface area (Å²) in [5.74, 6) is -0.205. The number of carbonyl (C=O) groups excluding carboxylic acids is 2. The number of carbonyl (C=O) groups is 2. The summed E-state index contributed by atoms with van der Waals surface area (Å²) in [5, 5.41) is 2.53. The smallest absolute Gasteiger partial charge is 0.411 e. The number of hydrogen-bond donors (Lipinski definition) is 2. The van der Waals surface area contributed by atoms with E-state index in [2.05, 4.69) is 5.32 Å². The van der Waals surface area contributed by atoms with Crippen LogP contribution in [0.15, 0.2) is 0 Å². The number of amides is 2. The van der Waals surface area contributed by atoms with Crippen molar-refractivity contribution in [3.63, 3.8) is 0 Å². The van der Waals surface area contributed by atoms with Crippen LogP contribution < -0.4 is 11.1 Å². The molecule has 6 nitrogen and oxygen atoms in total. The van der Waals surface area contributed by atoms with Crippen molar-refractivity contribution in [2.45, 2.75) is 44.9 Å². The fourth-order valence-corrected chi connectivity index (χ4v) is 1.81. The maximum Gasteiger partial charge on any atom is 0.411 e. The normalized spacial score (nSPS) is 24.6. The van der Waals surface area contributed by atoms with E-state index in [1.165, 1.54) is 4.90 Å².